The first-order valence-electron chi connectivity index (χ1n) is 7.89. The van der Waals surface area contributed by atoms with Crippen LogP contribution in [0, 0.1) is 5.82 Å². The van der Waals surface area contributed by atoms with Crippen molar-refractivity contribution in [1.29, 1.82) is 0 Å². The lowest BCUT2D eigenvalue weighted by Crippen LogP contribution is -2.28. The first kappa shape index (κ1) is 13.5. The van der Waals surface area contributed by atoms with Gasteiger partial charge in [-0.3, -0.25) is 0 Å². The van der Waals surface area contributed by atoms with Crippen molar-refractivity contribution < 1.29 is 4.39 Å². The van der Waals surface area contributed by atoms with Gasteiger partial charge in [0.05, 0.1) is 0 Å². The molecule has 1 aromatic heterocycles. The second-order valence-corrected chi connectivity index (χ2v) is 6.05. The van der Waals surface area contributed by atoms with Crippen LogP contribution in [0.3, 0.4) is 0 Å². The second-order valence-electron chi connectivity index (χ2n) is 6.05. The molecule has 3 aromatic rings. The van der Waals surface area contributed by atoms with E-state index in [1.165, 1.54) is 35.9 Å². The van der Waals surface area contributed by atoms with Crippen molar-refractivity contribution in [3.05, 3.63) is 60.0 Å². The van der Waals surface area contributed by atoms with E-state index in [1.54, 1.807) is 0 Å². The van der Waals surface area contributed by atoms with Crippen LogP contribution >= 0.6 is 0 Å². The molecule has 1 unspecified atom stereocenters. The van der Waals surface area contributed by atoms with Gasteiger partial charge < -0.3 is 10.3 Å². The van der Waals surface area contributed by atoms with E-state index < -0.39 is 0 Å². The van der Waals surface area contributed by atoms with Gasteiger partial charge >= 0.3 is 0 Å². The highest BCUT2D eigenvalue weighted by atomic mass is 19.1. The maximum Gasteiger partial charge on any atom is 0.123 e. The lowest BCUT2D eigenvalue weighted by atomic mass is 9.91. The minimum Gasteiger partial charge on any atom is -0.361 e. The van der Waals surface area contributed by atoms with Crippen LogP contribution in [0.2, 0.25) is 0 Å². The summed E-state index contributed by atoms with van der Waals surface area (Å²) in [6, 6.07) is 13.1. The van der Waals surface area contributed by atoms with Crippen LogP contribution < -0.4 is 5.32 Å². The van der Waals surface area contributed by atoms with Crippen LogP contribution in [0.25, 0.3) is 22.0 Å². The van der Waals surface area contributed by atoms with Gasteiger partial charge in [-0.2, -0.15) is 0 Å². The van der Waals surface area contributed by atoms with Crippen molar-refractivity contribution in [2.45, 2.75) is 18.8 Å². The number of benzene rings is 2. The molecule has 1 fully saturated rings. The van der Waals surface area contributed by atoms with E-state index in [4.69, 9.17) is 0 Å². The van der Waals surface area contributed by atoms with E-state index in [0.717, 1.165) is 29.7 Å². The molecule has 1 aliphatic rings. The fraction of sp³-hybridized carbons (Fsp3) is 0.263. The first-order chi connectivity index (χ1) is 10.8. The molecule has 0 radical (unpaired) electrons. The predicted molar refractivity (Wildman–Crippen MR) is 88.5 cm³/mol. The summed E-state index contributed by atoms with van der Waals surface area (Å²) in [4.78, 5) is 3.41. The highest BCUT2D eigenvalue weighted by molar-refractivity contribution is 5.88. The molecule has 2 nitrogen and oxygen atoms in total. The third-order valence-corrected chi connectivity index (χ3v) is 4.63. The SMILES string of the molecule is Fc1ccc(-c2ccc3c(C4CCCNC4)c[nH]c3c2)cc1. The number of fused-ring (bicyclic) bond motifs is 1. The molecule has 0 bridgehead atoms. The molecule has 0 saturated carbocycles. The minimum absolute atomic E-state index is 0.197. The van der Waals surface area contributed by atoms with E-state index in [2.05, 4.69) is 34.7 Å². The van der Waals surface area contributed by atoms with Crippen molar-refractivity contribution in [3.63, 3.8) is 0 Å². The lowest BCUT2D eigenvalue weighted by Gasteiger charge is -2.22. The van der Waals surface area contributed by atoms with Crippen molar-refractivity contribution >= 4 is 10.9 Å². The Balaban J connectivity index is 1.71. The summed E-state index contributed by atoms with van der Waals surface area (Å²) in [6.07, 6.45) is 4.64. The molecule has 3 heteroatoms. The van der Waals surface area contributed by atoms with Gasteiger partial charge in [0, 0.05) is 23.6 Å². The molecular formula is C19H19FN2. The van der Waals surface area contributed by atoms with E-state index in [1.807, 2.05) is 12.1 Å². The Bertz CT molecular complexity index is 783. The third-order valence-electron chi connectivity index (χ3n) is 4.63. The molecule has 2 aromatic carbocycles. The molecule has 1 aliphatic heterocycles. The number of aromatic nitrogens is 1. The van der Waals surface area contributed by atoms with Crippen molar-refractivity contribution in [2.75, 3.05) is 13.1 Å². The Labute approximate surface area is 129 Å². The van der Waals surface area contributed by atoms with Crippen LogP contribution in [0.15, 0.2) is 48.7 Å². The Morgan fingerprint density at radius 3 is 2.59 bits per heavy atom. The van der Waals surface area contributed by atoms with Crippen molar-refractivity contribution in [3.8, 4) is 11.1 Å². The van der Waals surface area contributed by atoms with Gasteiger partial charge in [-0.1, -0.05) is 24.3 Å². The fourth-order valence-electron chi connectivity index (χ4n) is 3.43. The fourth-order valence-corrected chi connectivity index (χ4v) is 3.43. The van der Waals surface area contributed by atoms with Crippen LogP contribution in [0.5, 0.6) is 0 Å². The van der Waals surface area contributed by atoms with Crippen LogP contribution in [-0.2, 0) is 0 Å². The van der Waals surface area contributed by atoms with Crippen LogP contribution in [-0.4, -0.2) is 18.1 Å². The molecule has 0 aliphatic carbocycles. The Kier molecular flexibility index (Phi) is 3.43. The van der Waals surface area contributed by atoms with E-state index >= 15 is 0 Å². The monoisotopic (exact) mass is 294 g/mol. The van der Waals surface area contributed by atoms with Gasteiger partial charge in [0.15, 0.2) is 0 Å². The van der Waals surface area contributed by atoms with E-state index in [9.17, 15) is 4.39 Å². The van der Waals surface area contributed by atoms with Crippen LogP contribution in [0.4, 0.5) is 4.39 Å². The van der Waals surface area contributed by atoms with Gasteiger partial charge in [0.2, 0.25) is 0 Å². The standard InChI is InChI=1S/C19H19FN2/c20-16-6-3-13(4-7-16)14-5-8-17-18(12-22-19(17)10-14)15-2-1-9-21-11-15/h3-8,10,12,15,21-22H,1-2,9,11H2. The number of aromatic amines is 1. The summed E-state index contributed by atoms with van der Waals surface area (Å²) in [7, 11) is 0. The van der Waals surface area contributed by atoms with Crippen LogP contribution in [0.1, 0.15) is 24.3 Å². The number of H-pyrrole nitrogens is 1. The highest BCUT2D eigenvalue weighted by Gasteiger charge is 2.18. The molecule has 0 spiro atoms. The van der Waals surface area contributed by atoms with Gasteiger partial charge in [-0.15, -0.1) is 0 Å². The Hall–Kier alpha value is -2.13. The molecule has 22 heavy (non-hydrogen) atoms. The number of nitrogens with one attached hydrogen (secondary N) is 2. The number of halogens is 1. The normalized spacial score (nSPS) is 18.7. The van der Waals surface area contributed by atoms with Crippen molar-refractivity contribution in [1.82, 2.24) is 10.3 Å². The number of hydrogen-bond acceptors (Lipinski definition) is 1. The zero-order valence-corrected chi connectivity index (χ0v) is 12.4. The maximum atomic E-state index is 13.1. The highest BCUT2D eigenvalue weighted by Crippen LogP contribution is 2.32. The maximum absolute atomic E-state index is 13.1. The molecule has 112 valence electrons. The predicted octanol–water partition coefficient (Wildman–Crippen LogP) is 4.44. The Morgan fingerprint density at radius 1 is 1.00 bits per heavy atom. The Morgan fingerprint density at radius 2 is 1.82 bits per heavy atom. The molecule has 2 N–H and O–H groups in total. The zero-order valence-electron chi connectivity index (χ0n) is 12.4. The number of rotatable bonds is 2. The van der Waals surface area contributed by atoms with Gasteiger partial charge in [0.25, 0.3) is 0 Å². The summed E-state index contributed by atoms with van der Waals surface area (Å²) in [6.45, 7) is 2.19. The average molecular weight is 294 g/mol. The summed E-state index contributed by atoms with van der Waals surface area (Å²) < 4.78 is 13.1. The summed E-state index contributed by atoms with van der Waals surface area (Å²) >= 11 is 0. The van der Waals surface area contributed by atoms with E-state index in [0.29, 0.717) is 5.92 Å². The molecule has 2 heterocycles. The molecule has 4 rings (SSSR count). The number of piperidine rings is 1. The minimum atomic E-state index is -0.197. The van der Waals surface area contributed by atoms with Gasteiger partial charge in [-0.25, -0.2) is 4.39 Å². The number of hydrogen-bond donors (Lipinski definition) is 2. The molecular weight excluding hydrogens is 275 g/mol. The quantitative estimate of drug-likeness (QED) is 0.718. The zero-order chi connectivity index (χ0) is 14.9. The lowest BCUT2D eigenvalue weighted by molar-refractivity contribution is 0.463. The summed E-state index contributed by atoms with van der Waals surface area (Å²) in [5.74, 6) is 0.399. The third kappa shape index (κ3) is 2.42. The summed E-state index contributed by atoms with van der Waals surface area (Å²) in [5.41, 5.74) is 4.72. The molecule has 0 amide bonds. The van der Waals surface area contributed by atoms with Crippen molar-refractivity contribution in [2.24, 2.45) is 0 Å². The molecule has 1 saturated heterocycles. The summed E-state index contributed by atoms with van der Waals surface area (Å²) in [5, 5.41) is 4.79. The van der Waals surface area contributed by atoms with Gasteiger partial charge in [-0.05, 0) is 60.2 Å². The first-order valence-corrected chi connectivity index (χ1v) is 7.89. The van der Waals surface area contributed by atoms with Gasteiger partial charge in [0.1, 0.15) is 5.82 Å². The van der Waals surface area contributed by atoms with E-state index in [-0.39, 0.29) is 5.82 Å². The smallest absolute Gasteiger partial charge is 0.123 e. The topological polar surface area (TPSA) is 27.8 Å². The largest absolute Gasteiger partial charge is 0.361 e. The second kappa shape index (κ2) is 5.58. The average Bonchev–Trinajstić information content (AvgIpc) is 2.99. The molecule has 1 atom stereocenters.